The van der Waals surface area contributed by atoms with Crippen LogP contribution in [0.4, 0.5) is 0 Å². The Kier molecular flexibility index (Phi) is 5.05. The molecule has 0 bridgehead atoms. The van der Waals surface area contributed by atoms with E-state index in [9.17, 15) is 9.90 Å². The van der Waals surface area contributed by atoms with Gasteiger partial charge in [-0.25, -0.2) is 0 Å². The van der Waals surface area contributed by atoms with E-state index < -0.39 is 5.91 Å². The average molecular weight is 356 g/mol. The second kappa shape index (κ2) is 7.40. The van der Waals surface area contributed by atoms with Gasteiger partial charge in [-0.05, 0) is 23.3 Å². The Labute approximate surface area is 151 Å². The number of aliphatic hydroxyl groups is 1. The summed E-state index contributed by atoms with van der Waals surface area (Å²) in [6, 6.07) is 16.8. The summed E-state index contributed by atoms with van der Waals surface area (Å²) in [5, 5.41) is 21.7. The van der Waals surface area contributed by atoms with Gasteiger partial charge in [0.2, 0.25) is 0 Å². The molecule has 3 N–H and O–H groups in total. The maximum Gasteiger partial charge on any atom is 0.258 e. The van der Waals surface area contributed by atoms with E-state index in [4.69, 9.17) is 17.0 Å². The first kappa shape index (κ1) is 17.0. The van der Waals surface area contributed by atoms with Gasteiger partial charge in [-0.3, -0.25) is 10.2 Å². The molecule has 0 saturated heterocycles. The zero-order chi connectivity index (χ0) is 17.8. The number of hydrogen-bond donors (Lipinski definition) is 3. The standard InChI is InChI=1S/C19H18ClN3O2/c20-15-8-6-14(7-9-15)11-23-12-16(24)17(18(23)21)19(25)22-10-13-4-2-1-3-5-13/h1-9,21,24H,10-12H2,(H,22,25). The van der Waals surface area contributed by atoms with Crippen LogP contribution >= 0.6 is 11.6 Å². The Hall–Kier alpha value is -2.79. The highest BCUT2D eigenvalue weighted by molar-refractivity contribution is 6.30. The van der Waals surface area contributed by atoms with E-state index in [-0.39, 0.29) is 23.7 Å². The Balaban J connectivity index is 1.63. The molecule has 0 atom stereocenters. The van der Waals surface area contributed by atoms with E-state index >= 15 is 0 Å². The van der Waals surface area contributed by atoms with Crippen molar-refractivity contribution in [1.29, 1.82) is 5.41 Å². The molecule has 0 aliphatic carbocycles. The highest BCUT2D eigenvalue weighted by Crippen LogP contribution is 2.21. The lowest BCUT2D eigenvalue weighted by Gasteiger charge is -2.18. The number of halogens is 1. The van der Waals surface area contributed by atoms with Crippen LogP contribution in [0.15, 0.2) is 65.9 Å². The summed E-state index contributed by atoms with van der Waals surface area (Å²) in [5.41, 5.74) is 1.94. The lowest BCUT2D eigenvalue weighted by atomic mass is 10.2. The van der Waals surface area contributed by atoms with E-state index in [1.807, 2.05) is 42.5 Å². The number of benzene rings is 2. The van der Waals surface area contributed by atoms with Gasteiger partial charge in [0.15, 0.2) is 0 Å². The molecule has 0 spiro atoms. The van der Waals surface area contributed by atoms with Crippen LogP contribution in [0, 0.1) is 5.41 Å². The minimum Gasteiger partial charge on any atom is -0.509 e. The first-order chi connectivity index (χ1) is 12.0. The van der Waals surface area contributed by atoms with E-state index in [2.05, 4.69) is 5.32 Å². The third kappa shape index (κ3) is 4.00. The molecule has 1 amide bonds. The fraction of sp³-hybridized carbons (Fsp3) is 0.158. The summed E-state index contributed by atoms with van der Waals surface area (Å²) >= 11 is 5.87. The molecule has 2 aromatic carbocycles. The van der Waals surface area contributed by atoms with Gasteiger partial charge in [-0.1, -0.05) is 54.1 Å². The number of amides is 1. The second-order valence-corrected chi connectivity index (χ2v) is 6.26. The monoisotopic (exact) mass is 355 g/mol. The summed E-state index contributed by atoms with van der Waals surface area (Å²) in [4.78, 5) is 14.0. The lowest BCUT2D eigenvalue weighted by molar-refractivity contribution is -0.117. The number of hydrogen-bond acceptors (Lipinski definition) is 3. The highest BCUT2D eigenvalue weighted by Gasteiger charge is 2.31. The molecule has 25 heavy (non-hydrogen) atoms. The molecule has 2 aromatic rings. The Morgan fingerprint density at radius 2 is 1.80 bits per heavy atom. The van der Waals surface area contributed by atoms with Crippen LogP contribution in [-0.4, -0.2) is 28.3 Å². The minimum atomic E-state index is -0.440. The zero-order valence-corrected chi connectivity index (χ0v) is 14.3. The van der Waals surface area contributed by atoms with Crippen molar-refractivity contribution in [2.75, 3.05) is 6.54 Å². The molecule has 0 aromatic heterocycles. The normalized spacial score (nSPS) is 14.1. The third-order valence-corrected chi connectivity index (χ3v) is 4.24. The van der Waals surface area contributed by atoms with Gasteiger partial charge in [0, 0.05) is 18.1 Å². The molecule has 1 aliphatic rings. The van der Waals surface area contributed by atoms with Crippen molar-refractivity contribution in [1.82, 2.24) is 10.2 Å². The van der Waals surface area contributed by atoms with Crippen LogP contribution in [0.5, 0.6) is 0 Å². The molecule has 6 heteroatoms. The van der Waals surface area contributed by atoms with Crippen molar-refractivity contribution < 1.29 is 9.90 Å². The Morgan fingerprint density at radius 1 is 1.12 bits per heavy atom. The van der Waals surface area contributed by atoms with Crippen LogP contribution < -0.4 is 5.32 Å². The summed E-state index contributed by atoms with van der Waals surface area (Å²) in [6.07, 6.45) is 0. The fourth-order valence-electron chi connectivity index (χ4n) is 2.68. The van der Waals surface area contributed by atoms with E-state index in [0.29, 0.717) is 18.1 Å². The van der Waals surface area contributed by atoms with E-state index in [1.54, 1.807) is 17.0 Å². The molecule has 0 radical (unpaired) electrons. The van der Waals surface area contributed by atoms with Gasteiger partial charge >= 0.3 is 0 Å². The molecule has 128 valence electrons. The molecule has 1 aliphatic heterocycles. The quantitative estimate of drug-likeness (QED) is 0.770. The third-order valence-electron chi connectivity index (χ3n) is 3.99. The number of nitrogens with zero attached hydrogens (tertiary/aromatic N) is 1. The maximum absolute atomic E-state index is 12.4. The predicted octanol–water partition coefficient (Wildman–Crippen LogP) is 3.26. The summed E-state index contributed by atoms with van der Waals surface area (Å²) in [7, 11) is 0. The SMILES string of the molecule is N=C1C(C(=O)NCc2ccccc2)=C(O)CN1Cc1ccc(Cl)cc1. The van der Waals surface area contributed by atoms with Crippen molar-refractivity contribution >= 4 is 23.3 Å². The van der Waals surface area contributed by atoms with Crippen molar-refractivity contribution in [3.63, 3.8) is 0 Å². The van der Waals surface area contributed by atoms with Crippen molar-refractivity contribution in [3.05, 3.63) is 82.1 Å². The maximum atomic E-state index is 12.4. The first-order valence-electron chi connectivity index (χ1n) is 7.87. The molecule has 5 nitrogen and oxygen atoms in total. The van der Waals surface area contributed by atoms with Crippen molar-refractivity contribution in [2.45, 2.75) is 13.1 Å². The Bertz CT molecular complexity index is 816. The lowest BCUT2D eigenvalue weighted by Crippen LogP contribution is -2.32. The fourth-order valence-corrected chi connectivity index (χ4v) is 2.81. The van der Waals surface area contributed by atoms with Gasteiger partial charge in [0.1, 0.15) is 17.2 Å². The molecule has 1 heterocycles. The number of aliphatic hydroxyl groups excluding tert-OH is 1. The van der Waals surface area contributed by atoms with Gasteiger partial charge < -0.3 is 15.3 Å². The molecular formula is C19H18ClN3O2. The number of amidine groups is 1. The van der Waals surface area contributed by atoms with Crippen LogP contribution in [0.3, 0.4) is 0 Å². The smallest absolute Gasteiger partial charge is 0.258 e. The number of carbonyl (C=O) groups excluding carboxylic acids is 1. The van der Waals surface area contributed by atoms with Gasteiger partial charge in [-0.2, -0.15) is 0 Å². The average Bonchev–Trinajstić information content (AvgIpc) is 2.89. The first-order valence-corrected chi connectivity index (χ1v) is 8.25. The largest absolute Gasteiger partial charge is 0.509 e. The Morgan fingerprint density at radius 3 is 2.48 bits per heavy atom. The molecule has 0 saturated carbocycles. The van der Waals surface area contributed by atoms with Crippen LogP contribution in [0.2, 0.25) is 5.02 Å². The number of nitrogens with one attached hydrogen (secondary N) is 2. The van der Waals surface area contributed by atoms with Crippen LogP contribution in [-0.2, 0) is 17.9 Å². The highest BCUT2D eigenvalue weighted by atomic mass is 35.5. The number of rotatable bonds is 5. The summed E-state index contributed by atoms with van der Waals surface area (Å²) in [6.45, 7) is 0.923. The van der Waals surface area contributed by atoms with Gasteiger partial charge in [0.25, 0.3) is 5.91 Å². The number of carbonyl (C=O) groups is 1. The topological polar surface area (TPSA) is 76.4 Å². The summed E-state index contributed by atoms with van der Waals surface area (Å²) in [5.74, 6) is -0.493. The minimum absolute atomic E-state index is 0.0259. The molecular weight excluding hydrogens is 338 g/mol. The van der Waals surface area contributed by atoms with E-state index in [0.717, 1.165) is 11.1 Å². The van der Waals surface area contributed by atoms with Crippen LogP contribution in [0.25, 0.3) is 0 Å². The molecule has 0 fully saturated rings. The predicted molar refractivity (Wildman–Crippen MR) is 97.5 cm³/mol. The van der Waals surface area contributed by atoms with E-state index in [1.165, 1.54) is 0 Å². The van der Waals surface area contributed by atoms with Gasteiger partial charge in [-0.15, -0.1) is 0 Å². The molecule has 3 rings (SSSR count). The molecule has 0 unspecified atom stereocenters. The summed E-state index contributed by atoms with van der Waals surface area (Å²) < 4.78 is 0. The zero-order valence-electron chi connectivity index (χ0n) is 13.5. The van der Waals surface area contributed by atoms with Gasteiger partial charge in [0.05, 0.1) is 6.54 Å². The van der Waals surface area contributed by atoms with Crippen molar-refractivity contribution in [2.24, 2.45) is 0 Å². The second-order valence-electron chi connectivity index (χ2n) is 5.82. The van der Waals surface area contributed by atoms with Crippen LogP contribution in [0.1, 0.15) is 11.1 Å². The van der Waals surface area contributed by atoms with Crippen molar-refractivity contribution in [3.8, 4) is 0 Å².